The molecule has 1 aliphatic carbocycles. The molecule has 1 rings (SSSR count). The highest BCUT2D eigenvalue weighted by Gasteiger charge is 2.23. The van der Waals surface area contributed by atoms with E-state index < -0.39 is 0 Å². The highest BCUT2D eigenvalue weighted by atomic mass is 16.2. The molecule has 2 nitrogen and oxygen atoms in total. The molecule has 2 unspecified atom stereocenters. The number of carbonyl (C=O) groups excluding carboxylic acids is 1. The number of rotatable bonds is 0. The van der Waals surface area contributed by atoms with E-state index in [1.54, 1.807) is 0 Å². The third-order valence-electron chi connectivity index (χ3n) is 2.25. The Labute approximate surface area is 68.6 Å². The van der Waals surface area contributed by atoms with Crippen molar-refractivity contribution in [3.63, 3.8) is 0 Å². The molecule has 66 valence electrons. The zero-order chi connectivity index (χ0) is 8.85. The highest BCUT2D eigenvalue weighted by Crippen LogP contribution is 2.24. The Morgan fingerprint density at radius 1 is 1.18 bits per heavy atom. The second-order valence-corrected chi connectivity index (χ2v) is 3.14. The summed E-state index contributed by atoms with van der Waals surface area (Å²) in [4.78, 5) is 11.1. The molecule has 0 aromatic heterocycles. The van der Waals surface area contributed by atoms with Crippen LogP contribution in [0.5, 0.6) is 0 Å². The second-order valence-electron chi connectivity index (χ2n) is 3.14. The average Bonchev–Trinajstić information content (AvgIpc) is 2.04. The van der Waals surface area contributed by atoms with Gasteiger partial charge in [0.2, 0.25) is 0 Å². The van der Waals surface area contributed by atoms with Crippen molar-refractivity contribution >= 4 is 5.78 Å². The van der Waals surface area contributed by atoms with E-state index in [0.29, 0.717) is 17.6 Å². The first-order valence-corrected chi connectivity index (χ1v) is 4.20. The highest BCUT2D eigenvalue weighted by molar-refractivity contribution is 5.83. The van der Waals surface area contributed by atoms with Crippen LogP contribution in [0, 0.1) is 11.8 Å². The molecule has 2 heteroatoms. The molecule has 0 aromatic carbocycles. The van der Waals surface area contributed by atoms with Crippen molar-refractivity contribution in [1.29, 1.82) is 0 Å². The van der Waals surface area contributed by atoms with Crippen LogP contribution in [-0.4, -0.2) is 18.0 Å². The van der Waals surface area contributed by atoms with Crippen molar-refractivity contribution < 1.29 is 9.90 Å². The van der Waals surface area contributed by atoms with Gasteiger partial charge in [-0.15, -0.1) is 0 Å². The van der Waals surface area contributed by atoms with Crippen LogP contribution in [0.1, 0.15) is 33.1 Å². The molecule has 0 bridgehead atoms. The molecule has 1 aliphatic rings. The van der Waals surface area contributed by atoms with Gasteiger partial charge in [0.25, 0.3) is 0 Å². The molecular formula is C9H18O2. The van der Waals surface area contributed by atoms with Crippen LogP contribution < -0.4 is 0 Å². The summed E-state index contributed by atoms with van der Waals surface area (Å²) < 4.78 is 0. The van der Waals surface area contributed by atoms with Gasteiger partial charge in [0.1, 0.15) is 5.78 Å². The van der Waals surface area contributed by atoms with Gasteiger partial charge in [-0.1, -0.05) is 20.3 Å². The number of aliphatic hydroxyl groups is 1. The van der Waals surface area contributed by atoms with Gasteiger partial charge in [-0.3, -0.25) is 4.79 Å². The number of aliphatic hydroxyl groups excluding tert-OH is 1. The van der Waals surface area contributed by atoms with Crippen LogP contribution in [0.2, 0.25) is 0 Å². The summed E-state index contributed by atoms with van der Waals surface area (Å²) in [5.41, 5.74) is 0. The van der Waals surface area contributed by atoms with Crippen LogP contribution in [0.25, 0.3) is 0 Å². The van der Waals surface area contributed by atoms with Crippen LogP contribution >= 0.6 is 0 Å². The van der Waals surface area contributed by atoms with E-state index in [1.807, 2.05) is 13.8 Å². The topological polar surface area (TPSA) is 37.3 Å². The van der Waals surface area contributed by atoms with Crippen molar-refractivity contribution in [2.75, 3.05) is 7.11 Å². The largest absolute Gasteiger partial charge is 0.400 e. The van der Waals surface area contributed by atoms with Crippen LogP contribution in [0.15, 0.2) is 0 Å². The van der Waals surface area contributed by atoms with E-state index in [4.69, 9.17) is 5.11 Å². The molecule has 0 amide bonds. The zero-order valence-corrected chi connectivity index (χ0v) is 7.63. The van der Waals surface area contributed by atoms with E-state index in [2.05, 4.69) is 0 Å². The zero-order valence-electron chi connectivity index (χ0n) is 7.63. The molecule has 1 N–H and O–H groups in total. The molecule has 11 heavy (non-hydrogen) atoms. The Morgan fingerprint density at radius 2 is 1.55 bits per heavy atom. The van der Waals surface area contributed by atoms with Crippen LogP contribution in [-0.2, 0) is 4.79 Å². The van der Waals surface area contributed by atoms with Gasteiger partial charge in [-0.2, -0.15) is 0 Å². The third-order valence-corrected chi connectivity index (χ3v) is 2.25. The van der Waals surface area contributed by atoms with E-state index >= 15 is 0 Å². The normalized spacial score (nSPS) is 30.7. The standard InChI is InChI=1S/C8H14O.CH4O/c1-6-4-3-5-7(2)8(6)9;1-2/h6-7H,3-5H2,1-2H3;2H,1H3. The van der Waals surface area contributed by atoms with Gasteiger partial charge in [-0.05, 0) is 12.8 Å². The maximum Gasteiger partial charge on any atom is 0.138 e. The summed E-state index contributed by atoms with van der Waals surface area (Å²) in [6.45, 7) is 4.08. The first-order chi connectivity index (χ1) is 5.22. The van der Waals surface area contributed by atoms with Crippen molar-refractivity contribution in [3.8, 4) is 0 Å². The van der Waals surface area contributed by atoms with Crippen molar-refractivity contribution in [2.45, 2.75) is 33.1 Å². The molecule has 1 fully saturated rings. The molecule has 2 atom stereocenters. The van der Waals surface area contributed by atoms with Gasteiger partial charge in [0, 0.05) is 18.9 Å². The molecular weight excluding hydrogens is 140 g/mol. The van der Waals surface area contributed by atoms with E-state index in [0.717, 1.165) is 20.0 Å². The van der Waals surface area contributed by atoms with E-state index in [-0.39, 0.29) is 0 Å². The monoisotopic (exact) mass is 158 g/mol. The smallest absolute Gasteiger partial charge is 0.138 e. The van der Waals surface area contributed by atoms with Crippen molar-refractivity contribution in [3.05, 3.63) is 0 Å². The maximum atomic E-state index is 11.1. The van der Waals surface area contributed by atoms with Gasteiger partial charge >= 0.3 is 0 Å². The molecule has 0 saturated heterocycles. The summed E-state index contributed by atoms with van der Waals surface area (Å²) >= 11 is 0. The Morgan fingerprint density at radius 3 is 1.82 bits per heavy atom. The minimum Gasteiger partial charge on any atom is -0.400 e. The molecule has 1 saturated carbocycles. The quantitative estimate of drug-likeness (QED) is 0.581. The van der Waals surface area contributed by atoms with E-state index in [1.165, 1.54) is 6.42 Å². The summed E-state index contributed by atoms with van der Waals surface area (Å²) in [5.74, 6) is 1.16. The molecule has 0 aliphatic heterocycles. The number of Topliss-reactive ketones (excluding diaryl/α,β-unsaturated/α-hetero) is 1. The molecule has 0 radical (unpaired) electrons. The fraction of sp³-hybridized carbons (Fsp3) is 0.889. The van der Waals surface area contributed by atoms with Crippen LogP contribution in [0.3, 0.4) is 0 Å². The van der Waals surface area contributed by atoms with Gasteiger partial charge < -0.3 is 5.11 Å². The Balaban J connectivity index is 0.000000461. The summed E-state index contributed by atoms with van der Waals surface area (Å²) in [5, 5.41) is 7.00. The number of hydrogen-bond donors (Lipinski definition) is 1. The van der Waals surface area contributed by atoms with Gasteiger partial charge in [0.15, 0.2) is 0 Å². The number of carbonyl (C=O) groups is 1. The lowest BCUT2D eigenvalue weighted by molar-refractivity contribution is -0.127. The SMILES string of the molecule is CC1CCCC(C)C1=O.CO. The predicted octanol–water partition coefficient (Wildman–Crippen LogP) is 1.62. The lowest BCUT2D eigenvalue weighted by Crippen LogP contribution is -2.23. The second kappa shape index (κ2) is 5.30. The molecule has 0 heterocycles. The average molecular weight is 158 g/mol. The summed E-state index contributed by atoms with van der Waals surface area (Å²) in [7, 11) is 1.00. The summed E-state index contributed by atoms with van der Waals surface area (Å²) in [6.07, 6.45) is 3.47. The number of ketones is 1. The maximum absolute atomic E-state index is 11.1. The van der Waals surface area contributed by atoms with Gasteiger partial charge in [-0.25, -0.2) is 0 Å². The van der Waals surface area contributed by atoms with Gasteiger partial charge in [0.05, 0.1) is 0 Å². The molecule has 0 spiro atoms. The molecule has 0 aromatic rings. The van der Waals surface area contributed by atoms with E-state index in [9.17, 15) is 4.79 Å². The fourth-order valence-electron chi connectivity index (χ4n) is 1.50. The lowest BCUT2D eigenvalue weighted by Gasteiger charge is -2.21. The minimum atomic E-state index is 0.341. The lowest BCUT2D eigenvalue weighted by atomic mass is 9.82. The predicted molar refractivity (Wildman–Crippen MR) is 45.3 cm³/mol. The fourth-order valence-corrected chi connectivity index (χ4v) is 1.50. The summed E-state index contributed by atoms with van der Waals surface area (Å²) in [6, 6.07) is 0. The Hall–Kier alpha value is -0.370. The Kier molecular flexibility index (Phi) is 5.12. The minimum absolute atomic E-state index is 0.341. The third kappa shape index (κ3) is 3.02. The first kappa shape index (κ1) is 10.6. The van der Waals surface area contributed by atoms with Crippen molar-refractivity contribution in [1.82, 2.24) is 0 Å². The first-order valence-electron chi connectivity index (χ1n) is 4.20. The number of hydrogen-bond acceptors (Lipinski definition) is 2. The van der Waals surface area contributed by atoms with Crippen LogP contribution in [0.4, 0.5) is 0 Å². The van der Waals surface area contributed by atoms with Crippen molar-refractivity contribution in [2.24, 2.45) is 11.8 Å². The Bertz CT molecular complexity index is 109.